The number of rotatable bonds is 6. The van der Waals surface area contributed by atoms with E-state index in [0.29, 0.717) is 6.04 Å². The largest absolute Gasteiger partial charge is 0.309 e. The van der Waals surface area contributed by atoms with Crippen molar-refractivity contribution in [2.45, 2.75) is 38.0 Å². The van der Waals surface area contributed by atoms with Gasteiger partial charge in [-0.1, -0.05) is 6.92 Å². The van der Waals surface area contributed by atoms with Crippen molar-refractivity contribution in [1.29, 1.82) is 0 Å². The molecule has 0 amide bonds. The third kappa shape index (κ3) is 3.45. The Bertz CT molecular complexity index is 510. The summed E-state index contributed by atoms with van der Waals surface area (Å²) >= 11 is 5.85. The zero-order valence-electron chi connectivity index (χ0n) is 11.7. The highest BCUT2D eigenvalue weighted by Crippen LogP contribution is 2.35. The Morgan fingerprint density at radius 2 is 2.40 bits per heavy atom. The number of hydrogen-bond donors (Lipinski definition) is 1. The molecule has 2 aromatic rings. The Morgan fingerprint density at radius 1 is 1.45 bits per heavy atom. The highest BCUT2D eigenvalue weighted by molar-refractivity contribution is 7.98. The second kappa shape index (κ2) is 7.07. The SMILES string of the molecule is CCCNC(Cc1cncs1)c1cc2c(s1)CCSC2. The molecule has 0 radical (unpaired) electrons. The maximum atomic E-state index is 4.21. The second-order valence-electron chi connectivity index (χ2n) is 5.08. The summed E-state index contributed by atoms with van der Waals surface area (Å²) in [5.74, 6) is 2.49. The molecular formula is C15H20N2S3. The predicted octanol–water partition coefficient (Wildman–Crippen LogP) is 4.28. The number of thiophene rings is 1. The molecule has 1 unspecified atom stereocenters. The van der Waals surface area contributed by atoms with E-state index in [9.17, 15) is 0 Å². The Labute approximate surface area is 133 Å². The van der Waals surface area contributed by atoms with Crippen LogP contribution in [0.2, 0.25) is 0 Å². The van der Waals surface area contributed by atoms with E-state index in [1.54, 1.807) is 21.8 Å². The molecule has 0 aliphatic carbocycles. The van der Waals surface area contributed by atoms with Crippen molar-refractivity contribution in [3.8, 4) is 0 Å². The van der Waals surface area contributed by atoms with E-state index < -0.39 is 0 Å². The number of aromatic nitrogens is 1. The molecule has 2 aromatic heterocycles. The number of nitrogens with one attached hydrogen (secondary N) is 1. The summed E-state index contributed by atoms with van der Waals surface area (Å²) in [5, 5.41) is 3.72. The molecule has 3 heterocycles. The van der Waals surface area contributed by atoms with Crippen LogP contribution in [0.1, 0.15) is 39.6 Å². The van der Waals surface area contributed by atoms with Crippen molar-refractivity contribution in [2.75, 3.05) is 12.3 Å². The van der Waals surface area contributed by atoms with E-state index in [2.05, 4.69) is 35.1 Å². The minimum Gasteiger partial charge on any atom is -0.309 e. The minimum atomic E-state index is 0.455. The fourth-order valence-electron chi connectivity index (χ4n) is 2.48. The first-order valence-electron chi connectivity index (χ1n) is 7.16. The van der Waals surface area contributed by atoms with Gasteiger partial charge in [-0.25, -0.2) is 0 Å². The lowest BCUT2D eigenvalue weighted by Crippen LogP contribution is -2.23. The van der Waals surface area contributed by atoms with Crippen molar-refractivity contribution in [2.24, 2.45) is 0 Å². The van der Waals surface area contributed by atoms with Crippen molar-refractivity contribution in [3.05, 3.63) is 38.0 Å². The van der Waals surface area contributed by atoms with Gasteiger partial charge in [-0.2, -0.15) is 11.8 Å². The number of thiazole rings is 1. The third-order valence-corrected chi connectivity index (χ3v) is 6.68. The van der Waals surface area contributed by atoms with Crippen LogP contribution in [-0.2, 0) is 18.6 Å². The van der Waals surface area contributed by atoms with Crippen LogP contribution in [-0.4, -0.2) is 17.3 Å². The summed E-state index contributed by atoms with van der Waals surface area (Å²) in [5.41, 5.74) is 3.51. The van der Waals surface area contributed by atoms with E-state index >= 15 is 0 Å². The number of hydrogen-bond acceptors (Lipinski definition) is 5. The van der Waals surface area contributed by atoms with Crippen LogP contribution in [0.3, 0.4) is 0 Å². The summed E-state index contributed by atoms with van der Waals surface area (Å²) < 4.78 is 0. The van der Waals surface area contributed by atoms with Crippen LogP contribution in [0.4, 0.5) is 0 Å². The molecule has 1 N–H and O–H groups in total. The number of nitrogens with zero attached hydrogens (tertiary/aromatic N) is 1. The lowest BCUT2D eigenvalue weighted by molar-refractivity contribution is 0.539. The zero-order chi connectivity index (χ0) is 13.8. The predicted molar refractivity (Wildman–Crippen MR) is 91.0 cm³/mol. The summed E-state index contributed by atoms with van der Waals surface area (Å²) in [6, 6.07) is 2.90. The molecular weight excluding hydrogens is 304 g/mol. The van der Waals surface area contributed by atoms with E-state index in [-0.39, 0.29) is 0 Å². The molecule has 0 fully saturated rings. The molecule has 1 aliphatic rings. The summed E-state index contributed by atoms with van der Waals surface area (Å²) in [6.07, 6.45) is 5.51. The first-order chi connectivity index (χ1) is 9.86. The van der Waals surface area contributed by atoms with Crippen LogP contribution in [0.25, 0.3) is 0 Å². The Kier molecular flexibility index (Phi) is 5.15. The van der Waals surface area contributed by atoms with Crippen LogP contribution in [0.15, 0.2) is 17.8 Å². The molecule has 0 saturated carbocycles. The van der Waals surface area contributed by atoms with Crippen molar-refractivity contribution in [1.82, 2.24) is 10.3 Å². The summed E-state index contributed by atoms with van der Waals surface area (Å²) in [7, 11) is 0. The standard InChI is InChI=1S/C15H20N2S3/c1-2-4-17-13(7-12-8-16-10-19-12)15-6-11-9-18-5-3-14(11)20-15/h6,8,10,13,17H,2-5,7,9H2,1H3. The van der Waals surface area contributed by atoms with Crippen LogP contribution < -0.4 is 5.32 Å². The first-order valence-corrected chi connectivity index (χ1v) is 10.0. The van der Waals surface area contributed by atoms with Crippen LogP contribution >= 0.6 is 34.4 Å². The monoisotopic (exact) mass is 324 g/mol. The van der Waals surface area contributed by atoms with E-state index in [1.165, 1.54) is 34.1 Å². The quantitative estimate of drug-likeness (QED) is 0.858. The molecule has 0 saturated heterocycles. The van der Waals surface area contributed by atoms with Gasteiger partial charge in [0, 0.05) is 39.0 Å². The van der Waals surface area contributed by atoms with Gasteiger partial charge in [0.25, 0.3) is 0 Å². The van der Waals surface area contributed by atoms with Gasteiger partial charge in [0.2, 0.25) is 0 Å². The van der Waals surface area contributed by atoms with E-state index in [4.69, 9.17) is 0 Å². The number of aryl methyl sites for hydroxylation is 1. The van der Waals surface area contributed by atoms with Gasteiger partial charge in [0.05, 0.1) is 5.51 Å². The van der Waals surface area contributed by atoms with Gasteiger partial charge in [0.1, 0.15) is 0 Å². The van der Waals surface area contributed by atoms with E-state index in [0.717, 1.165) is 13.0 Å². The smallest absolute Gasteiger partial charge is 0.0794 e. The zero-order valence-corrected chi connectivity index (χ0v) is 14.2. The van der Waals surface area contributed by atoms with E-state index in [1.807, 2.05) is 23.0 Å². The number of fused-ring (bicyclic) bond motifs is 1. The highest BCUT2D eigenvalue weighted by atomic mass is 32.2. The second-order valence-corrected chi connectivity index (χ2v) is 8.32. The van der Waals surface area contributed by atoms with Gasteiger partial charge >= 0.3 is 0 Å². The molecule has 20 heavy (non-hydrogen) atoms. The van der Waals surface area contributed by atoms with Crippen molar-refractivity contribution in [3.63, 3.8) is 0 Å². The Hall–Kier alpha value is -0.360. The van der Waals surface area contributed by atoms with Crippen LogP contribution in [0.5, 0.6) is 0 Å². The minimum absolute atomic E-state index is 0.455. The first kappa shape index (κ1) is 14.6. The van der Waals surface area contributed by atoms with Crippen molar-refractivity contribution >= 4 is 34.4 Å². The lowest BCUT2D eigenvalue weighted by atomic mass is 10.1. The average molecular weight is 325 g/mol. The van der Waals surface area contributed by atoms with Crippen LogP contribution in [0, 0.1) is 0 Å². The molecule has 2 nitrogen and oxygen atoms in total. The average Bonchev–Trinajstić information content (AvgIpc) is 3.12. The summed E-state index contributed by atoms with van der Waals surface area (Å²) in [6.45, 7) is 3.31. The third-order valence-electron chi connectivity index (χ3n) is 3.52. The topological polar surface area (TPSA) is 24.9 Å². The summed E-state index contributed by atoms with van der Waals surface area (Å²) in [4.78, 5) is 8.71. The van der Waals surface area contributed by atoms with Gasteiger partial charge in [-0.05, 0) is 36.8 Å². The van der Waals surface area contributed by atoms with Gasteiger partial charge < -0.3 is 5.32 Å². The molecule has 108 valence electrons. The number of thioether (sulfide) groups is 1. The Balaban J connectivity index is 1.78. The normalized spacial score (nSPS) is 16.1. The van der Waals surface area contributed by atoms with Crippen molar-refractivity contribution < 1.29 is 0 Å². The molecule has 1 atom stereocenters. The van der Waals surface area contributed by atoms with Gasteiger partial charge in [-0.15, -0.1) is 22.7 Å². The fourth-order valence-corrected chi connectivity index (χ4v) is 5.57. The molecule has 0 bridgehead atoms. The molecule has 5 heteroatoms. The lowest BCUT2D eigenvalue weighted by Gasteiger charge is -2.16. The molecule has 3 rings (SSSR count). The molecule has 0 spiro atoms. The van der Waals surface area contributed by atoms with Gasteiger partial charge in [-0.3, -0.25) is 4.98 Å². The Morgan fingerprint density at radius 3 is 3.15 bits per heavy atom. The molecule has 1 aliphatic heterocycles. The fraction of sp³-hybridized carbons (Fsp3) is 0.533. The highest BCUT2D eigenvalue weighted by Gasteiger charge is 2.19. The maximum Gasteiger partial charge on any atom is 0.0794 e. The maximum absolute atomic E-state index is 4.21. The van der Waals surface area contributed by atoms with Gasteiger partial charge in [0.15, 0.2) is 0 Å². The molecule has 0 aromatic carbocycles.